The molecule has 1 aromatic carbocycles. The van der Waals surface area contributed by atoms with Crippen molar-refractivity contribution < 1.29 is 26.7 Å². The summed E-state index contributed by atoms with van der Waals surface area (Å²) >= 11 is 0. The summed E-state index contributed by atoms with van der Waals surface area (Å²) in [6.45, 7) is 1.23. The molecule has 0 bridgehead atoms. The number of carboxylic acids is 1. The monoisotopic (exact) mass is 460 g/mol. The molecule has 30 heavy (non-hydrogen) atoms. The van der Waals surface area contributed by atoms with Crippen LogP contribution in [0, 0.1) is 5.92 Å². The quantitative estimate of drug-likeness (QED) is 0.542. The van der Waals surface area contributed by atoms with E-state index in [2.05, 4.69) is 9.97 Å². The fraction of sp³-hybridized carbons (Fsp3) is 0.529. The number of carboxylic acid groups (broad SMARTS) is 1. The lowest BCUT2D eigenvalue weighted by molar-refractivity contribution is -0.134. The van der Waals surface area contributed by atoms with Crippen LogP contribution < -0.4 is 5.69 Å². The normalized spacial score (nSPS) is 25.8. The summed E-state index contributed by atoms with van der Waals surface area (Å²) in [6, 6.07) is 4.16. The van der Waals surface area contributed by atoms with Crippen molar-refractivity contribution in [1.29, 1.82) is 0 Å². The molecule has 2 aromatic rings. The molecule has 0 saturated carbocycles. The molecule has 0 amide bonds. The van der Waals surface area contributed by atoms with Crippen molar-refractivity contribution in [2.24, 2.45) is 5.92 Å². The average molecular weight is 461 g/mol. The predicted molar refractivity (Wildman–Crippen MR) is 110 cm³/mol. The lowest BCUT2D eigenvalue weighted by Gasteiger charge is -2.24. The number of aliphatic carboxylic acids is 1. The van der Waals surface area contributed by atoms with Crippen LogP contribution in [0.2, 0.25) is 0 Å². The number of sulfonamides is 1. The standard InChI is InChI=1S/C15H20N4O5S2.C2H4O2/c1-18(2)13-8-25(21,22)14-7-19(6-10(13)14)26(23,24)9-3-4-11-12(5-9)17-15(20)16-11;1-2(3)4/h3-5,10,13-14H,6-8H2,1-2H3,(H2,16,17,20);1H3,(H,3,4)/t10-,13+,14-;/m0./s1. The number of fused-ring (bicyclic) bond motifs is 2. The highest BCUT2D eigenvalue weighted by molar-refractivity contribution is 7.92. The van der Waals surface area contributed by atoms with Crippen molar-refractivity contribution in [1.82, 2.24) is 19.2 Å². The van der Waals surface area contributed by atoms with Crippen LogP contribution in [0.5, 0.6) is 0 Å². The highest BCUT2D eigenvalue weighted by Crippen LogP contribution is 2.38. The fourth-order valence-corrected chi connectivity index (χ4v) is 8.15. The summed E-state index contributed by atoms with van der Waals surface area (Å²) in [5, 5.41) is 6.75. The molecule has 3 atom stereocenters. The number of hydrogen-bond acceptors (Lipinski definition) is 7. The van der Waals surface area contributed by atoms with Crippen LogP contribution in [0.15, 0.2) is 27.9 Å². The van der Waals surface area contributed by atoms with Gasteiger partial charge in [-0.2, -0.15) is 4.31 Å². The molecule has 2 fully saturated rings. The molecule has 1 aromatic heterocycles. The number of aromatic amines is 2. The van der Waals surface area contributed by atoms with Crippen LogP contribution in [0.3, 0.4) is 0 Å². The summed E-state index contributed by atoms with van der Waals surface area (Å²) in [4.78, 5) is 27.4. The van der Waals surface area contributed by atoms with Gasteiger partial charge < -0.3 is 20.0 Å². The number of carbonyl (C=O) groups is 1. The molecule has 3 N–H and O–H groups in total. The highest BCUT2D eigenvalue weighted by atomic mass is 32.2. The largest absolute Gasteiger partial charge is 0.481 e. The number of sulfone groups is 1. The Balaban J connectivity index is 0.000000589. The van der Waals surface area contributed by atoms with Crippen molar-refractivity contribution in [3.05, 3.63) is 28.7 Å². The number of nitrogens with one attached hydrogen (secondary N) is 2. The second-order valence-electron chi connectivity index (χ2n) is 7.69. The van der Waals surface area contributed by atoms with Gasteiger partial charge in [-0.15, -0.1) is 0 Å². The van der Waals surface area contributed by atoms with Crippen LogP contribution in [0.25, 0.3) is 11.0 Å². The van der Waals surface area contributed by atoms with Gasteiger partial charge in [-0.1, -0.05) is 0 Å². The maximum absolute atomic E-state index is 13.0. The number of hydrogen-bond donors (Lipinski definition) is 3. The number of aromatic nitrogens is 2. The Morgan fingerprint density at radius 3 is 2.40 bits per heavy atom. The lowest BCUT2D eigenvalue weighted by atomic mass is 10.00. The Kier molecular flexibility index (Phi) is 5.84. The zero-order valence-corrected chi connectivity index (χ0v) is 18.3. The topological polar surface area (TPSA) is 161 Å². The van der Waals surface area contributed by atoms with Crippen LogP contribution in [-0.2, 0) is 24.7 Å². The lowest BCUT2D eigenvalue weighted by Crippen LogP contribution is -2.38. The maximum Gasteiger partial charge on any atom is 0.323 e. The van der Waals surface area contributed by atoms with Gasteiger partial charge in [0.1, 0.15) is 0 Å². The first-order valence-corrected chi connectivity index (χ1v) is 12.3. The number of nitrogens with zero attached hydrogens (tertiary/aromatic N) is 2. The van der Waals surface area contributed by atoms with Gasteiger partial charge in [-0.25, -0.2) is 21.6 Å². The van der Waals surface area contributed by atoms with E-state index < -0.39 is 36.8 Å². The van der Waals surface area contributed by atoms with Crippen LogP contribution >= 0.6 is 0 Å². The van der Waals surface area contributed by atoms with E-state index in [9.17, 15) is 21.6 Å². The van der Waals surface area contributed by atoms with Crippen LogP contribution in [0.1, 0.15) is 6.92 Å². The Morgan fingerprint density at radius 2 is 1.80 bits per heavy atom. The maximum atomic E-state index is 13.0. The van der Waals surface area contributed by atoms with Gasteiger partial charge in [-0.05, 0) is 32.3 Å². The minimum atomic E-state index is -3.85. The van der Waals surface area contributed by atoms with E-state index in [0.29, 0.717) is 11.0 Å². The van der Waals surface area contributed by atoms with Crippen molar-refractivity contribution in [2.45, 2.75) is 23.1 Å². The zero-order chi connectivity index (χ0) is 22.4. The first-order chi connectivity index (χ1) is 13.8. The SMILES string of the molecule is CC(=O)O.CN(C)[C@@H]1CS(=O)(=O)[C@H]2CN(S(=O)(=O)c3ccc4[nH]c(=O)[nH]c4c3)C[C@@H]12. The zero-order valence-electron chi connectivity index (χ0n) is 16.7. The summed E-state index contributed by atoms with van der Waals surface area (Å²) in [5.74, 6) is -1.000. The molecular weight excluding hydrogens is 436 g/mol. The minimum Gasteiger partial charge on any atom is -0.481 e. The number of benzene rings is 1. The van der Waals surface area contributed by atoms with E-state index in [1.165, 1.54) is 22.5 Å². The Labute approximate surface area is 173 Å². The Hall–Kier alpha value is -2.22. The van der Waals surface area contributed by atoms with E-state index >= 15 is 0 Å². The van der Waals surface area contributed by atoms with Crippen molar-refractivity contribution in [3.63, 3.8) is 0 Å². The minimum absolute atomic E-state index is 0.0264. The Morgan fingerprint density at radius 1 is 1.20 bits per heavy atom. The first kappa shape index (κ1) is 22.5. The van der Waals surface area contributed by atoms with Gasteiger partial charge in [0.2, 0.25) is 10.0 Å². The van der Waals surface area contributed by atoms with Crippen molar-refractivity contribution in [3.8, 4) is 0 Å². The molecule has 11 nitrogen and oxygen atoms in total. The van der Waals surface area contributed by atoms with Gasteiger partial charge in [0.15, 0.2) is 9.84 Å². The first-order valence-electron chi connectivity index (χ1n) is 9.12. The van der Waals surface area contributed by atoms with Crippen LogP contribution in [0.4, 0.5) is 0 Å². The Bertz CT molecular complexity index is 1230. The second kappa shape index (κ2) is 7.80. The summed E-state index contributed by atoms with van der Waals surface area (Å²) in [6.07, 6.45) is 0. The molecule has 2 aliphatic heterocycles. The highest BCUT2D eigenvalue weighted by Gasteiger charge is 2.54. The van der Waals surface area contributed by atoms with E-state index in [1.54, 1.807) is 0 Å². The summed E-state index contributed by atoms with van der Waals surface area (Å²) in [5.41, 5.74) is 0.502. The molecular formula is C17H24N4O7S2. The third-order valence-corrected chi connectivity index (χ3v) is 9.48. The van der Waals surface area contributed by atoms with E-state index in [1.807, 2.05) is 19.0 Å². The van der Waals surface area contributed by atoms with Crippen molar-refractivity contribution in [2.75, 3.05) is 32.9 Å². The average Bonchev–Trinajstić information content (AvgIpc) is 3.27. The number of imidazole rings is 1. The number of H-pyrrole nitrogens is 2. The van der Waals surface area contributed by atoms with Gasteiger partial charge >= 0.3 is 5.69 Å². The smallest absolute Gasteiger partial charge is 0.323 e. The molecule has 4 rings (SSSR count). The van der Waals surface area contributed by atoms with Gasteiger partial charge in [0.25, 0.3) is 5.97 Å². The van der Waals surface area contributed by atoms with Gasteiger partial charge in [0, 0.05) is 32.0 Å². The molecule has 0 aliphatic carbocycles. The molecule has 2 aliphatic rings. The molecule has 0 spiro atoms. The fourth-order valence-electron chi connectivity index (χ4n) is 4.05. The van der Waals surface area contributed by atoms with Gasteiger partial charge in [0.05, 0.1) is 26.9 Å². The molecule has 3 heterocycles. The molecule has 2 saturated heterocycles. The summed E-state index contributed by atoms with van der Waals surface area (Å²) in [7, 11) is -3.54. The third-order valence-electron chi connectivity index (χ3n) is 5.42. The van der Waals surface area contributed by atoms with Crippen LogP contribution in [-0.4, -0.2) is 91.3 Å². The molecule has 0 unspecified atom stereocenters. The van der Waals surface area contributed by atoms with Gasteiger partial charge in [-0.3, -0.25) is 4.79 Å². The second-order valence-corrected chi connectivity index (χ2v) is 11.9. The summed E-state index contributed by atoms with van der Waals surface area (Å²) < 4.78 is 52.2. The predicted octanol–water partition coefficient (Wildman–Crippen LogP) is -0.705. The molecule has 13 heteroatoms. The molecule has 0 radical (unpaired) electrons. The third kappa shape index (κ3) is 4.15. The number of rotatable bonds is 3. The van der Waals surface area contributed by atoms with E-state index in [0.717, 1.165) is 6.92 Å². The van der Waals surface area contributed by atoms with Crippen molar-refractivity contribution >= 4 is 36.9 Å². The molecule has 166 valence electrons. The van der Waals surface area contributed by atoms with E-state index in [4.69, 9.17) is 9.90 Å². The van der Waals surface area contributed by atoms with E-state index in [-0.39, 0.29) is 35.7 Å².